The van der Waals surface area contributed by atoms with Gasteiger partial charge in [-0.1, -0.05) is 18.4 Å². The number of carbonyl (C=O) groups is 1. The average molecular weight is 330 g/mol. The van der Waals surface area contributed by atoms with E-state index in [2.05, 4.69) is 34.7 Å². The van der Waals surface area contributed by atoms with Gasteiger partial charge in [0.25, 0.3) is 0 Å². The number of primary amides is 1. The Morgan fingerprint density at radius 1 is 1.28 bits per heavy atom. The first-order valence-electron chi connectivity index (χ1n) is 7.36. The predicted molar refractivity (Wildman–Crippen MR) is 91.9 cm³/mol. The molecule has 7 nitrogen and oxygen atoms in total. The number of amides is 1. The van der Waals surface area contributed by atoms with Gasteiger partial charge in [-0.3, -0.25) is 9.48 Å². The van der Waals surface area contributed by atoms with Gasteiger partial charge in [-0.25, -0.2) is 4.52 Å². The van der Waals surface area contributed by atoms with Gasteiger partial charge in [0.15, 0.2) is 0 Å². The fourth-order valence-corrected chi connectivity index (χ4v) is 2.36. The molecular formula is C18H14N6O. The molecular weight excluding hydrogens is 316 g/mol. The van der Waals surface area contributed by atoms with Gasteiger partial charge in [0, 0.05) is 42.6 Å². The van der Waals surface area contributed by atoms with Crippen LogP contribution in [-0.4, -0.2) is 25.3 Å². The van der Waals surface area contributed by atoms with Gasteiger partial charge in [0.2, 0.25) is 5.91 Å². The molecule has 3 rings (SSSR count). The van der Waals surface area contributed by atoms with E-state index < -0.39 is 5.91 Å². The van der Waals surface area contributed by atoms with E-state index in [0.717, 1.165) is 11.1 Å². The molecule has 3 aromatic heterocycles. The number of fused-ring (bicyclic) bond motifs is 1. The maximum atomic E-state index is 11.0. The Bertz CT molecular complexity index is 1100. The average Bonchev–Trinajstić information content (AvgIpc) is 3.20. The van der Waals surface area contributed by atoms with Crippen LogP contribution in [0.4, 0.5) is 0 Å². The van der Waals surface area contributed by atoms with E-state index in [1.54, 1.807) is 15.4 Å². The van der Waals surface area contributed by atoms with E-state index in [1.807, 2.05) is 25.5 Å². The summed E-state index contributed by atoms with van der Waals surface area (Å²) in [6, 6.07) is 3.98. The molecule has 3 heterocycles. The summed E-state index contributed by atoms with van der Waals surface area (Å²) in [7, 11) is 1.83. The molecule has 0 aliphatic carbocycles. The molecule has 0 spiro atoms. The minimum atomic E-state index is -0.578. The molecule has 0 aliphatic rings. The SMILES string of the molecule is C=C(CC#Cc1cc(-c2cnn(C)c2)cn2ncc(C#N)c12)C(N)=O. The van der Waals surface area contributed by atoms with E-state index in [1.165, 1.54) is 6.20 Å². The minimum Gasteiger partial charge on any atom is -0.366 e. The number of aryl methyl sites for hydroxylation is 1. The van der Waals surface area contributed by atoms with Crippen molar-refractivity contribution in [3.8, 4) is 29.0 Å². The van der Waals surface area contributed by atoms with Crippen LogP contribution in [0, 0.1) is 23.2 Å². The van der Waals surface area contributed by atoms with Crippen LogP contribution in [-0.2, 0) is 11.8 Å². The molecule has 0 aliphatic heterocycles. The van der Waals surface area contributed by atoms with E-state index in [9.17, 15) is 10.1 Å². The molecule has 1 amide bonds. The van der Waals surface area contributed by atoms with Gasteiger partial charge in [-0.05, 0) is 6.07 Å². The van der Waals surface area contributed by atoms with Gasteiger partial charge in [-0.15, -0.1) is 0 Å². The second-order valence-corrected chi connectivity index (χ2v) is 5.45. The summed E-state index contributed by atoms with van der Waals surface area (Å²) in [5.41, 5.74) is 8.85. The van der Waals surface area contributed by atoms with Crippen LogP contribution in [0.1, 0.15) is 17.5 Å². The molecule has 0 aromatic carbocycles. The third-order valence-electron chi connectivity index (χ3n) is 3.64. The van der Waals surface area contributed by atoms with Crippen LogP contribution in [0.3, 0.4) is 0 Å². The highest BCUT2D eigenvalue weighted by Crippen LogP contribution is 2.24. The maximum Gasteiger partial charge on any atom is 0.244 e. The summed E-state index contributed by atoms with van der Waals surface area (Å²) in [5, 5.41) is 17.7. The Hall–Kier alpha value is -3.84. The second kappa shape index (κ2) is 6.34. The van der Waals surface area contributed by atoms with Crippen molar-refractivity contribution in [2.24, 2.45) is 12.8 Å². The number of rotatable bonds is 3. The first-order valence-corrected chi connectivity index (χ1v) is 7.36. The number of nitrogens with two attached hydrogens (primary N) is 1. The fraction of sp³-hybridized carbons (Fsp3) is 0.111. The molecule has 0 atom stereocenters. The largest absolute Gasteiger partial charge is 0.366 e. The van der Waals surface area contributed by atoms with Crippen molar-refractivity contribution in [2.75, 3.05) is 0 Å². The molecule has 122 valence electrons. The van der Waals surface area contributed by atoms with Gasteiger partial charge in [0.05, 0.1) is 29.0 Å². The van der Waals surface area contributed by atoms with Crippen LogP contribution in [0.5, 0.6) is 0 Å². The number of pyridine rings is 1. The lowest BCUT2D eigenvalue weighted by molar-refractivity contribution is -0.114. The Kier molecular flexibility index (Phi) is 4.07. The highest BCUT2D eigenvalue weighted by Gasteiger charge is 2.11. The van der Waals surface area contributed by atoms with Crippen molar-refractivity contribution < 1.29 is 4.79 Å². The maximum absolute atomic E-state index is 11.0. The first kappa shape index (κ1) is 16.0. The number of carbonyl (C=O) groups excluding carboxylic acids is 1. The second-order valence-electron chi connectivity index (χ2n) is 5.45. The van der Waals surface area contributed by atoms with Crippen LogP contribution in [0.2, 0.25) is 0 Å². The van der Waals surface area contributed by atoms with E-state index in [4.69, 9.17) is 5.73 Å². The number of aromatic nitrogens is 4. The minimum absolute atomic E-state index is 0.161. The van der Waals surface area contributed by atoms with Crippen molar-refractivity contribution in [3.63, 3.8) is 0 Å². The molecule has 0 fully saturated rings. The lowest BCUT2D eigenvalue weighted by Gasteiger charge is -2.03. The van der Waals surface area contributed by atoms with Crippen molar-refractivity contribution in [3.05, 3.63) is 54.1 Å². The normalized spacial score (nSPS) is 10.1. The summed E-state index contributed by atoms with van der Waals surface area (Å²) in [5.74, 6) is 5.29. The molecule has 0 bridgehead atoms. The molecule has 0 unspecified atom stereocenters. The Morgan fingerprint density at radius 2 is 2.08 bits per heavy atom. The molecule has 3 aromatic rings. The molecule has 0 radical (unpaired) electrons. The molecule has 0 saturated heterocycles. The quantitative estimate of drug-likeness (QED) is 0.579. The number of nitriles is 1. The molecule has 7 heteroatoms. The van der Waals surface area contributed by atoms with Crippen molar-refractivity contribution in [1.82, 2.24) is 19.4 Å². The summed E-state index contributed by atoms with van der Waals surface area (Å²) in [6.45, 7) is 3.58. The van der Waals surface area contributed by atoms with Crippen molar-refractivity contribution >= 4 is 11.4 Å². The van der Waals surface area contributed by atoms with Gasteiger partial charge in [-0.2, -0.15) is 15.5 Å². The highest BCUT2D eigenvalue weighted by atomic mass is 16.1. The van der Waals surface area contributed by atoms with E-state index >= 15 is 0 Å². The molecule has 25 heavy (non-hydrogen) atoms. The number of hydrogen-bond acceptors (Lipinski definition) is 4. The summed E-state index contributed by atoms with van der Waals surface area (Å²) in [4.78, 5) is 11.0. The van der Waals surface area contributed by atoms with Gasteiger partial charge < -0.3 is 5.73 Å². The molecule has 2 N–H and O–H groups in total. The predicted octanol–water partition coefficient (Wildman–Crippen LogP) is 1.39. The summed E-state index contributed by atoms with van der Waals surface area (Å²) in [6.07, 6.45) is 7.09. The zero-order valence-electron chi connectivity index (χ0n) is 13.5. The monoisotopic (exact) mass is 330 g/mol. The van der Waals surface area contributed by atoms with Gasteiger partial charge >= 0.3 is 0 Å². The summed E-state index contributed by atoms with van der Waals surface area (Å²) < 4.78 is 3.32. The topological polar surface area (TPSA) is 102 Å². The van der Waals surface area contributed by atoms with Crippen LogP contribution in [0.15, 0.2) is 43.0 Å². The first-order chi connectivity index (χ1) is 12.0. The van der Waals surface area contributed by atoms with E-state index in [-0.39, 0.29) is 12.0 Å². The third-order valence-corrected chi connectivity index (χ3v) is 3.64. The lowest BCUT2D eigenvalue weighted by atomic mass is 10.1. The standard InChI is InChI=1S/C18H14N6O/c1-12(18(20)25)4-3-5-13-6-14(16-9-21-23(2)10-16)11-24-17(13)15(7-19)8-22-24/h6,8-11H,1,4H2,2H3,(H2,20,25). The smallest absolute Gasteiger partial charge is 0.244 e. The lowest BCUT2D eigenvalue weighted by Crippen LogP contribution is -2.12. The van der Waals surface area contributed by atoms with Crippen LogP contribution in [0.25, 0.3) is 16.6 Å². The van der Waals surface area contributed by atoms with Gasteiger partial charge in [0.1, 0.15) is 6.07 Å². The van der Waals surface area contributed by atoms with Crippen molar-refractivity contribution in [1.29, 1.82) is 5.26 Å². The van der Waals surface area contributed by atoms with E-state index in [0.29, 0.717) is 16.6 Å². The van der Waals surface area contributed by atoms with Crippen LogP contribution < -0.4 is 5.73 Å². The number of hydrogen-bond donors (Lipinski definition) is 1. The molecule has 0 saturated carbocycles. The Balaban J connectivity index is 2.12. The Labute approximate surface area is 144 Å². The highest BCUT2D eigenvalue weighted by molar-refractivity contribution is 5.91. The van der Waals surface area contributed by atoms with Crippen LogP contribution >= 0.6 is 0 Å². The third kappa shape index (κ3) is 3.12. The zero-order chi connectivity index (χ0) is 18.0. The van der Waals surface area contributed by atoms with Crippen molar-refractivity contribution in [2.45, 2.75) is 6.42 Å². The summed E-state index contributed by atoms with van der Waals surface area (Å²) >= 11 is 0. The fourth-order valence-electron chi connectivity index (χ4n) is 2.36. The Morgan fingerprint density at radius 3 is 2.72 bits per heavy atom. The zero-order valence-corrected chi connectivity index (χ0v) is 13.5. The number of nitrogens with zero attached hydrogens (tertiary/aromatic N) is 5.